The predicted molar refractivity (Wildman–Crippen MR) is 83.3 cm³/mol. The fraction of sp³-hybridized carbons (Fsp3) is 0.529. The van der Waals surface area contributed by atoms with E-state index in [0.29, 0.717) is 18.3 Å². The Morgan fingerprint density at radius 3 is 2.59 bits per heavy atom. The van der Waals surface area contributed by atoms with E-state index in [1.165, 1.54) is 6.07 Å². The highest BCUT2D eigenvalue weighted by molar-refractivity contribution is 5.91. The number of aromatic carboxylic acids is 1. The normalized spacial score (nSPS) is 15.6. The number of benzene rings is 1. The maximum absolute atomic E-state index is 12.3. The van der Waals surface area contributed by atoms with Crippen LogP contribution in [0.15, 0.2) is 18.2 Å². The SMILES string of the molecule is CCOc1cc(CC(=O)N2CCC(C)CC2)ccc1C(=O)O. The van der Waals surface area contributed by atoms with Crippen LogP contribution in [0.3, 0.4) is 0 Å². The molecule has 1 aromatic rings. The van der Waals surface area contributed by atoms with Gasteiger partial charge in [-0.1, -0.05) is 13.0 Å². The molecule has 0 bridgehead atoms. The van der Waals surface area contributed by atoms with Crippen LogP contribution in [-0.4, -0.2) is 41.6 Å². The van der Waals surface area contributed by atoms with Crippen LogP contribution in [0.5, 0.6) is 5.75 Å². The first-order valence-electron chi connectivity index (χ1n) is 7.78. The molecule has 1 aliphatic rings. The van der Waals surface area contributed by atoms with Crippen LogP contribution >= 0.6 is 0 Å². The van der Waals surface area contributed by atoms with Gasteiger partial charge in [0.15, 0.2) is 0 Å². The molecule has 0 saturated carbocycles. The summed E-state index contributed by atoms with van der Waals surface area (Å²) in [5.74, 6) is 0.0831. The van der Waals surface area contributed by atoms with Gasteiger partial charge in [-0.15, -0.1) is 0 Å². The minimum absolute atomic E-state index is 0.0948. The van der Waals surface area contributed by atoms with Crippen molar-refractivity contribution in [1.82, 2.24) is 4.90 Å². The van der Waals surface area contributed by atoms with Gasteiger partial charge in [0, 0.05) is 13.1 Å². The van der Waals surface area contributed by atoms with Crippen LogP contribution in [0.1, 0.15) is 42.6 Å². The molecule has 1 fully saturated rings. The molecule has 5 nitrogen and oxygen atoms in total. The van der Waals surface area contributed by atoms with Crippen LogP contribution in [0.2, 0.25) is 0 Å². The van der Waals surface area contributed by atoms with Gasteiger partial charge in [-0.3, -0.25) is 4.79 Å². The van der Waals surface area contributed by atoms with Gasteiger partial charge >= 0.3 is 5.97 Å². The lowest BCUT2D eigenvalue weighted by Crippen LogP contribution is -2.38. The molecule has 5 heteroatoms. The zero-order chi connectivity index (χ0) is 16.1. The van der Waals surface area contributed by atoms with Gasteiger partial charge in [0.25, 0.3) is 0 Å². The second-order valence-electron chi connectivity index (χ2n) is 5.81. The van der Waals surface area contributed by atoms with Crippen molar-refractivity contribution < 1.29 is 19.4 Å². The number of nitrogens with zero attached hydrogens (tertiary/aromatic N) is 1. The Labute approximate surface area is 130 Å². The predicted octanol–water partition coefficient (Wildman–Crippen LogP) is 2.58. The van der Waals surface area contributed by atoms with E-state index >= 15 is 0 Å². The van der Waals surface area contributed by atoms with Gasteiger partial charge in [-0.2, -0.15) is 0 Å². The van der Waals surface area contributed by atoms with Gasteiger partial charge in [0.2, 0.25) is 5.91 Å². The van der Waals surface area contributed by atoms with E-state index in [0.717, 1.165) is 31.5 Å². The van der Waals surface area contributed by atoms with E-state index in [1.807, 2.05) is 4.90 Å². The molecule has 22 heavy (non-hydrogen) atoms. The summed E-state index contributed by atoms with van der Waals surface area (Å²) < 4.78 is 5.37. The molecule has 1 N–H and O–H groups in total. The van der Waals surface area contributed by atoms with Crippen LogP contribution in [0, 0.1) is 5.92 Å². The number of carboxylic acid groups (broad SMARTS) is 1. The standard InChI is InChI=1S/C17H23NO4/c1-3-22-15-10-13(4-5-14(15)17(20)21)11-16(19)18-8-6-12(2)7-9-18/h4-5,10,12H,3,6-9,11H2,1-2H3,(H,20,21). The zero-order valence-corrected chi connectivity index (χ0v) is 13.2. The molecule has 0 atom stereocenters. The first-order chi connectivity index (χ1) is 10.5. The quantitative estimate of drug-likeness (QED) is 0.908. The van der Waals surface area contributed by atoms with E-state index in [2.05, 4.69) is 6.92 Å². The molecule has 0 spiro atoms. The minimum atomic E-state index is -1.02. The largest absolute Gasteiger partial charge is 0.493 e. The van der Waals surface area contributed by atoms with Crippen molar-refractivity contribution in [3.05, 3.63) is 29.3 Å². The average Bonchev–Trinajstić information content (AvgIpc) is 2.48. The van der Waals surface area contributed by atoms with Gasteiger partial charge in [-0.05, 0) is 43.4 Å². The highest BCUT2D eigenvalue weighted by atomic mass is 16.5. The number of ether oxygens (including phenoxy) is 1. The maximum Gasteiger partial charge on any atom is 0.339 e. The summed E-state index contributed by atoms with van der Waals surface area (Å²) in [6.07, 6.45) is 2.39. The third kappa shape index (κ3) is 4.00. The summed E-state index contributed by atoms with van der Waals surface area (Å²) in [5.41, 5.74) is 0.918. The number of likely N-dealkylation sites (tertiary alicyclic amines) is 1. The summed E-state index contributed by atoms with van der Waals surface area (Å²) >= 11 is 0. The monoisotopic (exact) mass is 305 g/mol. The van der Waals surface area contributed by atoms with Crippen molar-refractivity contribution in [2.45, 2.75) is 33.1 Å². The third-order valence-electron chi connectivity index (χ3n) is 4.07. The lowest BCUT2D eigenvalue weighted by atomic mass is 9.98. The van der Waals surface area contributed by atoms with Gasteiger partial charge in [0.05, 0.1) is 13.0 Å². The highest BCUT2D eigenvalue weighted by Crippen LogP contribution is 2.22. The lowest BCUT2D eigenvalue weighted by Gasteiger charge is -2.30. The number of hydrogen-bond acceptors (Lipinski definition) is 3. The fourth-order valence-corrected chi connectivity index (χ4v) is 2.67. The maximum atomic E-state index is 12.3. The first-order valence-corrected chi connectivity index (χ1v) is 7.78. The summed E-state index contributed by atoms with van der Waals surface area (Å²) in [5, 5.41) is 9.14. The van der Waals surface area contributed by atoms with Gasteiger partial charge in [0.1, 0.15) is 11.3 Å². The number of carbonyl (C=O) groups excluding carboxylic acids is 1. The number of carbonyl (C=O) groups is 2. The van der Waals surface area contributed by atoms with Crippen molar-refractivity contribution in [2.24, 2.45) is 5.92 Å². The second-order valence-corrected chi connectivity index (χ2v) is 5.81. The number of piperidine rings is 1. The summed E-state index contributed by atoms with van der Waals surface area (Å²) in [4.78, 5) is 25.4. The molecule has 1 amide bonds. The molecule has 0 aromatic heterocycles. The van der Waals surface area contributed by atoms with Gasteiger partial charge in [-0.25, -0.2) is 4.79 Å². The minimum Gasteiger partial charge on any atom is -0.493 e. The number of amides is 1. The van der Waals surface area contributed by atoms with Crippen LogP contribution in [0.25, 0.3) is 0 Å². The summed E-state index contributed by atoms with van der Waals surface area (Å²) in [7, 11) is 0. The molecule has 2 rings (SSSR count). The molecule has 1 saturated heterocycles. The van der Waals surface area contributed by atoms with Crippen LogP contribution in [-0.2, 0) is 11.2 Å². The number of hydrogen-bond donors (Lipinski definition) is 1. The lowest BCUT2D eigenvalue weighted by molar-refractivity contribution is -0.131. The first kappa shape index (κ1) is 16.3. The summed E-state index contributed by atoms with van der Waals surface area (Å²) in [6, 6.07) is 4.86. The molecular weight excluding hydrogens is 282 g/mol. The Hall–Kier alpha value is -2.04. The number of carboxylic acids is 1. The van der Waals surface area contributed by atoms with Crippen LogP contribution in [0.4, 0.5) is 0 Å². The van der Waals surface area contributed by atoms with Crippen molar-refractivity contribution >= 4 is 11.9 Å². The Morgan fingerprint density at radius 1 is 1.32 bits per heavy atom. The third-order valence-corrected chi connectivity index (χ3v) is 4.07. The molecular formula is C17H23NO4. The Kier molecular flexibility index (Phi) is 5.41. The van der Waals surface area contributed by atoms with Crippen LogP contribution < -0.4 is 4.74 Å². The van der Waals surface area contributed by atoms with Crippen molar-refractivity contribution in [3.8, 4) is 5.75 Å². The highest BCUT2D eigenvalue weighted by Gasteiger charge is 2.21. The fourth-order valence-electron chi connectivity index (χ4n) is 2.67. The topological polar surface area (TPSA) is 66.8 Å². The number of rotatable bonds is 5. The molecule has 1 aliphatic heterocycles. The Balaban J connectivity index is 2.07. The molecule has 1 aromatic carbocycles. The van der Waals surface area contributed by atoms with E-state index < -0.39 is 5.97 Å². The second kappa shape index (κ2) is 7.29. The zero-order valence-electron chi connectivity index (χ0n) is 13.2. The summed E-state index contributed by atoms with van der Waals surface area (Å²) in [6.45, 7) is 6.03. The molecule has 1 heterocycles. The van der Waals surface area contributed by atoms with Crippen molar-refractivity contribution in [3.63, 3.8) is 0 Å². The van der Waals surface area contributed by atoms with Crippen molar-refractivity contribution in [1.29, 1.82) is 0 Å². The Bertz CT molecular complexity index is 548. The average molecular weight is 305 g/mol. The Morgan fingerprint density at radius 2 is 2.00 bits per heavy atom. The smallest absolute Gasteiger partial charge is 0.339 e. The molecule has 0 unspecified atom stereocenters. The van der Waals surface area contributed by atoms with E-state index in [-0.39, 0.29) is 17.9 Å². The molecule has 0 radical (unpaired) electrons. The van der Waals surface area contributed by atoms with E-state index in [9.17, 15) is 9.59 Å². The molecule has 120 valence electrons. The van der Waals surface area contributed by atoms with Gasteiger partial charge < -0.3 is 14.7 Å². The van der Waals surface area contributed by atoms with E-state index in [4.69, 9.17) is 9.84 Å². The van der Waals surface area contributed by atoms with E-state index in [1.54, 1.807) is 19.1 Å². The van der Waals surface area contributed by atoms with Crippen molar-refractivity contribution in [2.75, 3.05) is 19.7 Å². The molecule has 0 aliphatic carbocycles.